The minimum absolute atomic E-state index is 0.0134. The highest BCUT2D eigenvalue weighted by Gasteiger charge is 2.32. The molecule has 160 valence electrons. The van der Waals surface area contributed by atoms with E-state index < -0.39 is 0 Å². The van der Waals surface area contributed by atoms with Gasteiger partial charge in [0.2, 0.25) is 5.91 Å². The maximum Gasteiger partial charge on any atom is 0.263 e. The predicted molar refractivity (Wildman–Crippen MR) is 120 cm³/mol. The lowest BCUT2D eigenvalue weighted by molar-refractivity contribution is -0.123. The maximum atomic E-state index is 13.5. The Labute approximate surface area is 184 Å². The van der Waals surface area contributed by atoms with Crippen molar-refractivity contribution >= 4 is 28.3 Å². The van der Waals surface area contributed by atoms with Gasteiger partial charge in [-0.15, -0.1) is 0 Å². The van der Waals surface area contributed by atoms with Crippen LogP contribution in [0.4, 0.5) is 9.52 Å². The van der Waals surface area contributed by atoms with Crippen LogP contribution in [0, 0.1) is 18.7 Å². The number of hydrogen-bond donors (Lipinski definition) is 1. The van der Waals surface area contributed by atoms with Crippen LogP contribution in [0.15, 0.2) is 54.6 Å². The lowest BCUT2D eigenvalue weighted by Gasteiger charge is -2.30. The van der Waals surface area contributed by atoms with Crippen LogP contribution < -0.4 is 10.2 Å². The third-order valence-corrected chi connectivity index (χ3v) is 6.62. The second-order valence-electron chi connectivity index (χ2n) is 7.74. The summed E-state index contributed by atoms with van der Waals surface area (Å²) in [6.07, 6.45) is 2.11. The molecule has 1 N–H and O–H groups in total. The summed E-state index contributed by atoms with van der Waals surface area (Å²) in [4.78, 5) is 32.5. The number of amides is 2. The van der Waals surface area contributed by atoms with E-state index in [0.717, 1.165) is 24.0 Å². The standard InChI is InChI=1S/C24H24FN3O2S/c1-16-21(22(29)26-15-17-7-3-2-4-8-17)31-24(27-16)28-12-6-10-19(23(28)30)13-18-9-5-11-20(25)14-18/h2-5,7-9,11,14,19H,6,10,12-13,15H2,1H3,(H,26,29). The van der Waals surface area contributed by atoms with Crippen LogP contribution in [0.1, 0.15) is 39.3 Å². The van der Waals surface area contributed by atoms with Gasteiger partial charge in [-0.2, -0.15) is 0 Å². The first kappa shape index (κ1) is 21.2. The fraction of sp³-hybridized carbons (Fsp3) is 0.292. The first-order valence-corrected chi connectivity index (χ1v) is 11.2. The molecular weight excluding hydrogens is 413 g/mol. The molecule has 5 nitrogen and oxygen atoms in total. The van der Waals surface area contributed by atoms with Gasteiger partial charge in [-0.05, 0) is 49.4 Å². The zero-order valence-electron chi connectivity index (χ0n) is 17.3. The van der Waals surface area contributed by atoms with Crippen LogP contribution in [0.25, 0.3) is 0 Å². The van der Waals surface area contributed by atoms with Crippen LogP contribution in [-0.2, 0) is 17.8 Å². The molecule has 0 aliphatic carbocycles. The van der Waals surface area contributed by atoms with E-state index in [1.807, 2.05) is 36.4 Å². The number of nitrogens with zero attached hydrogens (tertiary/aromatic N) is 2. The molecule has 1 aliphatic heterocycles. The van der Waals surface area contributed by atoms with Crippen LogP contribution in [0.5, 0.6) is 0 Å². The van der Waals surface area contributed by atoms with Gasteiger partial charge < -0.3 is 5.32 Å². The molecular formula is C24H24FN3O2S. The molecule has 7 heteroatoms. The van der Waals surface area contributed by atoms with Gasteiger partial charge in [-0.3, -0.25) is 14.5 Å². The molecule has 3 aromatic rings. The SMILES string of the molecule is Cc1nc(N2CCCC(Cc3cccc(F)c3)C2=O)sc1C(=O)NCc1ccccc1. The summed E-state index contributed by atoms with van der Waals surface area (Å²) in [5.41, 5.74) is 2.45. The summed E-state index contributed by atoms with van der Waals surface area (Å²) in [7, 11) is 0. The number of aryl methyl sites for hydroxylation is 1. The molecule has 4 rings (SSSR count). The molecule has 2 heterocycles. The first-order chi connectivity index (χ1) is 15.0. The van der Waals surface area contributed by atoms with Crippen molar-refractivity contribution in [1.29, 1.82) is 0 Å². The lowest BCUT2D eigenvalue weighted by Crippen LogP contribution is -2.42. The molecule has 1 atom stereocenters. The van der Waals surface area contributed by atoms with E-state index in [9.17, 15) is 14.0 Å². The maximum absolute atomic E-state index is 13.5. The van der Waals surface area contributed by atoms with Crippen LogP contribution in [-0.4, -0.2) is 23.3 Å². The number of thiazole rings is 1. The number of aromatic nitrogens is 1. The van der Waals surface area contributed by atoms with Gasteiger partial charge in [0.05, 0.1) is 5.69 Å². The number of rotatable bonds is 6. The summed E-state index contributed by atoms with van der Waals surface area (Å²) in [5, 5.41) is 3.47. The van der Waals surface area contributed by atoms with Crippen molar-refractivity contribution < 1.29 is 14.0 Å². The molecule has 1 fully saturated rings. The van der Waals surface area contributed by atoms with Crippen molar-refractivity contribution in [2.45, 2.75) is 32.7 Å². The van der Waals surface area contributed by atoms with Crippen molar-refractivity contribution in [2.75, 3.05) is 11.4 Å². The van der Waals surface area contributed by atoms with E-state index in [1.165, 1.54) is 23.5 Å². The van der Waals surface area contributed by atoms with Gasteiger partial charge >= 0.3 is 0 Å². The average Bonchev–Trinajstić information content (AvgIpc) is 3.16. The minimum atomic E-state index is -0.292. The summed E-state index contributed by atoms with van der Waals surface area (Å²) in [6.45, 7) is 2.80. The number of carbonyl (C=O) groups is 2. The predicted octanol–water partition coefficient (Wildman–Crippen LogP) is 4.51. The number of anilines is 1. The quantitative estimate of drug-likeness (QED) is 0.617. The zero-order chi connectivity index (χ0) is 21.8. The highest BCUT2D eigenvalue weighted by molar-refractivity contribution is 7.17. The molecule has 1 unspecified atom stereocenters. The van der Waals surface area contributed by atoms with Gasteiger partial charge in [0, 0.05) is 19.0 Å². The Balaban J connectivity index is 1.45. The number of benzene rings is 2. The number of carbonyl (C=O) groups excluding carboxylic acids is 2. The van der Waals surface area contributed by atoms with Crippen molar-refractivity contribution in [2.24, 2.45) is 5.92 Å². The van der Waals surface area contributed by atoms with Gasteiger partial charge in [0.1, 0.15) is 10.7 Å². The number of nitrogens with one attached hydrogen (secondary N) is 1. The Bertz CT molecular complexity index is 1080. The molecule has 1 aromatic heterocycles. The Hall–Kier alpha value is -3.06. The summed E-state index contributed by atoms with van der Waals surface area (Å²) in [6, 6.07) is 16.1. The second kappa shape index (κ2) is 9.39. The van der Waals surface area contributed by atoms with E-state index in [-0.39, 0.29) is 23.5 Å². The monoisotopic (exact) mass is 437 g/mol. The molecule has 31 heavy (non-hydrogen) atoms. The van der Waals surface area contributed by atoms with E-state index >= 15 is 0 Å². The van der Waals surface area contributed by atoms with Gasteiger partial charge in [-0.1, -0.05) is 53.8 Å². The molecule has 0 radical (unpaired) electrons. The smallest absolute Gasteiger partial charge is 0.263 e. The van der Waals surface area contributed by atoms with Crippen molar-refractivity contribution in [3.63, 3.8) is 0 Å². The topological polar surface area (TPSA) is 62.3 Å². The molecule has 2 amide bonds. The second-order valence-corrected chi connectivity index (χ2v) is 8.72. The van der Waals surface area contributed by atoms with E-state index in [2.05, 4.69) is 10.3 Å². The largest absolute Gasteiger partial charge is 0.347 e. The third kappa shape index (κ3) is 4.99. The minimum Gasteiger partial charge on any atom is -0.347 e. The molecule has 0 bridgehead atoms. The summed E-state index contributed by atoms with van der Waals surface area (Å²) in [5.74, 6) is -0.708. The fourth-order valence-electron chi connectivity index (χ4n) is 3.84. The van der Waals surface area contributed by atoms with E-state index in [0.29, 0.717) is 35.2 Å². The zero-order valence-corrected chi connectivity index (χ0v) is 18.1. The molecule has 1 saturated heterocycles. The van der Waals surface area contributed by atoms with Gasteiger partial charge in [-0.25, -0.2) is 9.37 Å². The number of hydrogen-bond acceptors (Lipinski definition) is 4. The summed E-state index contributed by atoms with van der Waals surface area (Å²) < 4.78 is 13.5. The van der Waals surface area contributed by atoms with Crippen LogP contribution in [0.2, 0.25) is 0 Å². The van der Waals surface area contributed by atoms with Gasteiger partial charge in [0.15, 0.2) is 5.13 Å². The number of piperidine rings is 1. The molecule has 0 spiro atoms. The lowest BCUT2D eigenvalue weighted by atomic mass is 9.90. The third-order valence-electron chi connectivity index (χ3n) is 5.44. The van der Waals surface area contributed by atoms with Crippen molar-refractivity contribution in [3.05, 3.63) is 82.1 Å². The Morgan fingerprint density at radius 2 is 1.97 bits per heavy atom. The molecule has 2 aromatic carbocycles. The van der Waals surface area contributed by atoms with Gasteiger partial charge in [0.25, 0.3) is 5.91 Å². The normalized spacial score (nSPS) is 16.4. The Kier molecular flexibility index (Phi) is 6.42. The Morgan fingerprint density at radius 1 is 1.19 bits per heavy atom. The van der Waals surface area contributed by atoms with Crippen molar-refractivity contribution in [3.8, 4) is 0 Å². The van der Waals surface area contributed by atoms with Crippen LogP contribution in [0.3, 0.4) is 0 Å². The van der Waals surface area contributed by atoms with Crippen LogP contribution >= 0.6 is 11.3 Å². The van der Waals surface area contributed by atoms with E-state index in [4.69, 9.17) is 0 Å². The first-order valence-electron chi connectivity index (χ1n) is 10.4. The Morgan fingerprint density at radius 3 is 2.74 bits per heavy atom. The highest BCUT2D eigenvalue weighted by atomic mass is 32.1. The number of halogens is 1. The van der Waals surface area contributed by atoms with Crippen molar-refractivity contribution in [1.82, 2.24) is 10.3 Å². The summed E-state index contributed by atoms with van der Waals surface area (Å²) >= 11 is 1.25. The average molecular weight is 438 g/mol. The fourth-order valence-corrected chi connectivity index (χ4v) is 4.86. The highest BCUT2D eigenvalue weighted by Crippen LogP contribution is 2.31. The van der Waals surface area contributed by atoms with E-state index in [1.54, 1.807) is 17.9 Å². The molecule has 1 aliphatic rings. The molecule has 0 saturated carbocycles.